The van der Waals surface area contributed by atoms with Gasteiger partial charge in [0.05, 0.1) is 12.1 Å². The van der Waals surface area contributed by atoms with Crippen molar-refractivity contribution in [3.63, 3.8) is 0 Å². The molecule has 1 N–H and O–H groups in total. The standard InChI is InChI=1S/C18H15ClO5/c1-23-17-10-12(7-9-16(17)24-11-18(21)22)6-8-15(20)13-4-2-3-5-14(13)19/h2-10H,11H2,1H3,(H,21,22)/b8-6+. The molecule has 0 bridgehead atoms. The Labute approximate surface area is 144 Å². The summed E-state index contributed by atoms with van der Waals surface area (Å²) in [6.45, 7) is -0.462. The molecule has 0 aliphatic carbocycles. The fourth-order valence-electron chi connectivity index (χ4n) is 1.97. The number of methoxy groups -OCH3 is 1. The number of halogens is 1. The van der Waals surface area contributed by atoms with Crippen LogP contribution >= 0.6 is 11.6 Å². The lowest BCUT2D eigenvalue weighted by Crippen LogP contribution is -2.10. The molecule has 124 valence electrons. The van der Waals surface area contributed by atoms with E-state index in [0.717, 1.165) is 0 Å². The molecule has 0 heterocycles. The van der Waals surface area contributed by atoms with Crippen molar-refractivity contribution in [2.45, 2.75) is 0 Å². The molecule has 5 nitrogen and oxygen atoms in total. The molecular weight excluding hydrogens is 332 g/mol. The first-order valence-electron chi connectivity index (χ1n) is 7.01. The topological polar surface area (TPSA) is 72.8 Å². The highest BCUT2D eigenvalue weighted by molar-refractivity contribution is 6.34. The van der Waals surface area contributed by atoms with Crippen LogP contribution in [-0.2, 0) is 4.79 Å². The monoisotopic (exact) mass is 346 g/mol. The van der Waals surface area contributed by atoms with E-state index in [1.54, 1.807) is 48.5 Å². The zero-order valence-electron chi connectivity index (χ0n) is 12.9. The number of hydrogen-bond acceptors (Lipinski definition) is 4. The first-order valence-corrected chi connectivity index (χ1v) is 7.38. The lowest BCUT2D eigenvalue weighted by molar-refractivity contribution is -0.139. The van der Waals surface area contributed by atoms with Gasteiger partial charge < -0.3 is 14.6 Å². The third-order valence-electron chi connectivity index (χ3n) is 3.11. The number of allylic oxidation sites excluding steroid dienone is 1. The second-order valence-corrected chi connectivity index (χ2v) is 5.18. The number of carbonyl (C=O) groups excluding carboxylic acids is 1. The predicted octanol–water partition coefficient (Wildman–Crippen LogP) is 3.71. The molecule has 0 unspecified atom stereocenters. The lowest BCUT2D eigenvalue weighted by atomic mass is 10.1. The van der Waals surface area contributed by atoms with Crippen molar-refractivity contribution in [2.75, 3.05) is 13.7 Å². The minimum atomic E-state index is -1.08. The number of aliphatic carboxylic acids is 1. The molecule has 2 aromatic rings. The number of ether oxygens (including phenoxy) is 2. The predicted molar refractivity (Wildman–Crippen MR) is 90.9 cm³/mol. The number of carboxylic acid groups (broad SMARTS) is 1. The quantitative estimate of drug-likeness (QED) is 0.611. The van der Waals surface area contributed by atoms with Crippen LogP contribution in [0.2, 0.25) is 5.02 Å². The van der Waals surface area contributed by atoms with Crippen LogP contribution in [-0.4, -0.2) is 30.6 Å². The lowest BCUT2D eigenvalue weighted by Gasteiger charge is -2.09. The Kier molecular flexibility index (Phi) is 5.98. The van der Waals surface area contributed by atoms with E-state index in [1.165, 1.54) is 13.2 Å². The molecule has 2 rings (SSSR count). The summed E-state index contributed by atoms with van der Waals surface area (Å²) in [5.41, 5.74) is 1.12. The second kappa shape index (κ2) is 8.17. The van der Waals surface area contributed by atoms with Gasteiger partial charge >= 0.3 is 5.97 Å². The van der Waals surface area contributed by atoms with E-state index in [4.69, 9.17) is 26.2 Å². The van der Waals surface area contributed by atoms with Gasteiger partial charge in [-0.15, -0.1) is 0 Å². The third-order valence-corrected chi connectivity index (χ3v) is 3.43. The van der Waals surface area contributed by atoms with Gasteiger partial charge in [0.25, 0.3) is 0 Å². The van der Waals surface area contributed by atoms with Crippen molar-refractivity contribution in [3.8, 4) is 11.5 Å². The van der Waals surface area contributed by atoms with Crippen molar-refractivity contribution < 1.29 is 24.2 Å². The van der Waals surface area contributed by atoms with E-state index in [2.05, 4.69) is 0 Å². The van der Waals surface area contributed by atoms with Gasteiger partial charge in [-0.2, -0.15) is 0 Å². The minimum absolute atomic E-state index is 0.217. The van der Waals surface area contributed by atoms with E-state index in [1.807, 2.05) is 0 Å². The van der Waals surface area contributed by atoms with Crippen LogP contribution in [0.15, 0.2) is 48.5 Å². The highest BCUT2D eigenvalue weighted by Crippen LogP contribution is 2.28. The van der Waals surface area contributed by atoms with Crippen LogP contribution in [0.5, 0.6) is 11.5 Å². The molecule has 0 aliphatic heterocycles. The number of hydrogen-bond donors (Lipinski definition) is 1. The van der Waals surface area contributed by atoms with E-state index in [9.17, 15) is 9.59 Å². The second-order valence-electron chi connectivity index (χ2n) is 4.77. The fraction of sp³-hybridized carbons (Fsp3) is 0.111. The maximum atomic E-state index is 12.1. The average molecular weight is 347 g/mol. The van der Waals surface area contributed by atoms with Crippen molar-refractivity contribution in [1.29, 1.82) is 0 Å². The van der Waals surface area contributed by atoms with E-state index in [0.29, 0.717) is 27.6 Å². The zero-order valence-corrected chi connectivity index (χ0v) is 13.6. The van der Waals surface area contributed by atoms with Crippen LogP contribution < -0.4 is 9.47 Å². The summed E-state index contributed by atoms with van der Waals surface area (Å²) in [6, 6.07) is 11.7. The first-order chi connectivity index (χ1) is 11.5. The van der Waals surface area contributed by atoms with Gasteiger partial charge in [-0.25, -0.2) is 4.79 Å². The smallest absolute Gasteiger partial charge is 0.341 e. The van der Waals surface area contributed by atoms with E-state index < -0.39 is 12.6 Å². The molecule has 0 aromatic heterocycles. The van der Waals surface area contributed by atoms with Crippen molar-refractivity contribution in [2.24, 2.45) is 0 Å². The molecule has 0 saturated carbocycles. The largest absolute Gasteiger partial charge is 0.493 e. The van der Waals surface area contributed by atoms with Gasteiger partial charge in [-0.05, 0) is 35.9 Å². The minimum Gasteiger partial charge on any atom is -0.493 e. The van der Waals surface area contributed by atoms with Crippen LogP contribution in [0.3, 0.4) is 0 Å². The Balaban J connectivity index is 2.16. The van der Waals surface area contributed by atoms with Crippen LogP contribution in [0, 0.1) is 0 Å². The molecule has 2 aromatic carbocycles. The molecule has 0 aliphatic rings. The average Bonchev–Trinajstić information content (AvgIpc) is 2.58. The van der Waals surface area contributed by atoms with Gasteiger partial charge in [0.1, 0.15) is 0 Å². The Hall–Kier alpha value is -2.79. The van der Waals surface area contributed by atoms with Gasteiger partial charge in [-0.1, -0.05) is 35.9 Å². The summed E-state index contributed by atoms with van der Waals surface area (Å²) in [7, 11) is 1.45. The third kappa shape index (κ3) is 4.60. The number of carboxylic acids is 1. The number of rotatable bonds is 7. The van der Waals surface area contributed by atoms with Gasteiger partial charge in [0.2, 0.25) is 0 Å². The van der Waals surface area contributed by atoms with Crippen LogP contribution in [0.1, 0.15) is 15.9 Å². The molecule has 6 heteroatoms. The molecular formula is C18H15ClO5. The Morgan fingerprint density at radius 2 is 1.92 bits per heavy atom. The first kappa shape index (κ1) is 17.6. The molecule has 0 atom stereocenters. The SMILES string of the molecule is COc1cc(/C=C/C(=O)c2ccccc2Cl)ccc1OCC(=O)O. The highest BCUT2D eigenvalue weighted by atomic mass is 35.5. The van der Waals surface area contributed by atoms with Gasteiger partial charge in [0, 0.05) is 5.56 Å². The van der Waals surface area contributed by atoms with Gasteiger partial charge in [0.15, 0.2) is 23.9 Å². The van der Waals surface area contributed by atoms with Crippen LogP contribution in [0.4, 0.5) is 0 Å². The Morgan fingerprint density at radius 1 is 1.17 bits per heavy atom. The number of benzene rings is 2. The molecule has 0 amide bonds. The van der Waals surface area contributed by atoms with E-state index >= 15 is 0 Å². The normalized spacial score (nSPS) is 10.6. The number of carbonyl (C=O) groups is 2. The Morgan fingerprint density at radius 3 is 2.58 bits per heavy atom. The number of ketones is 1. The summed E-state index contributed by atoms with van der Waals surface area (Å²) in [6.07, 6.45) is 3.03. The van der Waals surface area contributed by atoms with Crippen molar-refractivity contribution >= 4 is 29.4 Å². The summed E-state index contributed by atoms with van der Waals surface area (Å²) in [4.78, 5) is 22.7. The maximum absolute atomic E-state index is 12.1. The Bertz CT molecular complexity index is 783. The molecule has 0 saturated heterocycles. The summed E-state index contributed by atoms with van der Waals surface area (Å²) >= 11 is 5.99. The van der Waals surface area contributed by atoms with Gasteiger partial charge in [-0.3, -0.25) is 4.79 Å². The maximum Gasteiger partial charge on any atom is 0.341 e. The summed E-state index contributed by atoms with van der Waals surface area (Å²) in [5.74, 6) is -0.602. The molecule has 0 radical (unpaired) electrons. The highest BCUT2D eigenvalue weighted by Gasteiger charge is 2.08. The summed E-state index contributed by atoms with van der Waals surface area (Å²) < 4.78 is 10.3. The molecule has 0 fully saturated rings. The van der Waals surface area contributed by atoms with Crippen LogP contribution in [0.25, 0.3) is 6.08 Å². The summed E-state index contributed by atoms with van der Waals surface area (Å²) in [5, 5.41) is 9.03. The zero-order chi connectivity index (χ0) is 17.5. The fourth-order valence-corrected chi connectivity index (χ4v) is 2.20. The van der Waals surface area contributed by atoms with Crippen molar-refractivity contribution in [1.82, 2.24) is 0 Å². The molecule has 24 heavy (non-hydrogen) atoms. The van der Waals surface area contributed by atoms with E-state index in [-0.39, 0.29) is 5.78 Å². The van der Waals surface area contributed by atoms with Crippen molar-refractivity contribution in [3.05, 3.63) is 64.7 Å². The molecule has 0 spiro atoms.